The van der Waals surface area contributed by atoms with E-state index < -0.39 is 16.1 Å². The van der Waals surface area contributed by atoms with Crippen molar-refractivity contribution in [1.29, 1.82) is 0 Å². The average Bonchev–Trinajstić information content (AvgIpc) is 2.74. The first-order valence-corrected chi connectivity index (χ1v) is 19.9. The largest absolute Gasteiger partial charge is 0.129 e. The maximum absolute atomic E-state index is 3.53. The fourth-order valence-electron chi connectivity index (χ4n) is 2.37. The first-order valence-electron chi connectivity index (χ1n) is 10.9. The van der Waals surface area contributed by atoms with Crippen LogP contribution in [0, 0.1) is 22.9 Å². The van der Waals surface area contributed by atoms with Gasteiger partial charge in [0.15, 0.2) is 0 Å². The highest BCUT2D eigenvalue weighted by Gasteiger charge is 2.09. The minimum atomic E-state index is -1.45. The Morgan fingerprint density at radius 3 is 1.28 bits per heavy atom. The highest BCUT2D eigenvalue weighted by atomic mass is 32.2. The summed E-state index contributed by atoms with van der Waals surface area (Å²) in [5.74, 6) is 8.80. The fourth-order valence-corrected chi connectivity index (χ4v) is 5.18. The molecule has 0 aliphatic rings. The van der Waals surface area contributed by atoms with Crippen LogP contribution in [0.5, 0.6) is 0 Å². The lowest BCUT2D eigenvalue weighted by Crippen LogP contribution is -2.16. The number of allylic oxidation sites excluding steroid dienone is 4. The monoisotopic (exact) mass is 490 g/mol. The van der Waals surface area contributed by atoms with Crippen LogP contribution in [0.2, 0.25) is 39.3 Å². The van der Waals surface area contributed by atoms with E-state index in [1.165, 1.54) is 11.1 Å². The first kappa shape index (κ1) is 26.4. The molecule has 2 rings (SSSR count). The Bertz CT molecular complexity index is 946. The lowest BCUT2D eigenvalue weighted by Gasteiger charge is -2.06. The molecule has 2 aromatic carbocycles. The van der Waals surface area contributed by atoms with Gasteiger partial charge in [0.25, 0.3) is 0 Å². The average molecular weight is 491 g/mol. The van der Waals surface area contributed by atoms with Crippen LogP contribution in [0.4, 0.5) is 0 Å². The van der Waals surface area contributed by atoms with E-state index in [1.54, 1.807) is 0 Å². The second kappa shape index (κ2) is 13.0. The Labute approximate surface area is 206 Å². The molecule has 0 aliphatic carbocycles. The third-order valence-electron chi connectivity index (χ3n) is 3.98. The summed E-state index contributed by atoms with van der Waals surface area (Å²) in [6.07, 6.45) is 4.35. The molecule has 0 bridgehead atoms. The van der Waals surface area contributed by atoms with Crippen LogP contribution in [0.25, 0.3) is 0 Å². The van der Waals surface area contributed by atoms with Crippen molar-refractivity contribution in [3.8, 4) is 22.9 Å². The summed E-state index contributed by atoms with van der Waals surface area (Å²) in [5, 5.41) is 0. The van der Waals surface area contributed by atoms with Crippen molar-refractivity contribution in [2.24, 2.45) is 0 Å². The zero-order valence-corrected chi connectivity index (χ0v) is 23.8. The van der Waals surface area contributed by atoms with Gasteiger partial charge in [0.05, 0.1) is 9.81 Å². The van der Waals surface area contributed by atoms with E-state index in [9.17, 15) is 0 Å². The molecule has 32 heavy (non-hydrogen) atoms. The smallest absolute Gasteiger partial charge is 0.126 e. The highest BCUT2D eigenvalue weighted by molar-refractivity contribution is 8.03. The van der Waals surface area contributed by atoms with E-state index in [0.717, 1.165) is 21.3 Å². The molecule has 166 valence electrons. The molecule has 2 aromatic rings. The predicted molar refractivity (Wildman–Crippen MR) is 154 cm³/mol. The summed E-state index contributed by atoms with van der Waals surface area (Å²) in [4.78, 5) is 2.23. The highest BCUT2D eigenvalue weighted by Crippen LogP contribution is 2.25. The molecule has 0 saturated carbocycles. The number of benzene rings is 2. The number of rotatable bonds is 7. The summed E-state index contributed by atoms with van der Waals surface area (Å²) in [7, 11) is -2.89. The Kier molecular flexibility index (Phi) is 10.8. The summed E-state index contributed by atoms with van der Waals surface area (Å²) in [5.41, 5.74) is 9.70. The molecule has 0 radical (unpaired) electrons. The van der Waals surface area contributed by atoms with E-state index in [0.29, 0.717) is 0 Å². The normalized spacial score (nSPS) is 12.4. The van der Waals surface area contributed by atoms with Gasteiger partial charge >= 0.3 is 0 Å². The third kappa shape index (κ3) is 12.3. The molecule has 0 fully saturated rings. The molecular formula is C28H34S2Si2. The maximum atomic E-state index is 3.53. The van der Waals surface area contributed by atoms with E-state index in [1.807, 2.05) is 23.5 Å². The minimum Gasteiger partial charge on any atom is -0.126 e. The molecule has 0 unspecified atom stereocenters. The van der Waals surface area contributed by atoms with Gasteiger partial charge in [-0.15, -0.1) is 34.6 Å². The van der Waals surface area contributed by atoms with Gasteiger partial charge in [-0.3, -0.25) is 0 Å². The number of thioether (sulfide) groups is 2. The van der Waals surface area contributed by atoms with Crippen LogP contribution in [0.3, 0.4) is 0 Å². The quantitative estimate of drug-likeness (QED) is 0.217. The van der Waals surface area contributed by atoms with Crippen molar-refractivity contribution in [3.63, 3.8) is 0 Å². The van der Waals surface area contributed by atoms with Crippen molar-refractivity contribution < 1.29 is 0 Å². The van der Waals surface area contributed by atoms with E-state index in [4.69, 9.17) is 0 Å². The first-order chi connectivity index (χ1) is 15.1. The standard InChI is InChI=1S/C28H34S2Si2/c1-31(2,3)21-19-27(29-23-25-13-9-7-10-14-25)17-18-28(20-22-32(4,5)6)30-24-26-15-11-8-12-16-26/h7-18H,23-24H2,1-6H3. The molecule has 0 spiro atoms. The second-order valence-corrected chi connectivity index (χ2v) is 21.1. The third-order valence-corrected chi connectivity index (χ3v) is 7.79. The molecule has 0 saturated heterocycles. The van der Waals surface area contributed by atoms with Gasteiger partial charge in [-0.2, -0.15) is 0 Å². The van der Waals surface area contributed by atoms with Gasteiger partial charge in [0.1, 0.15) is 16.1 Å². The van der Waals surface area contributed by atoms with Crippen LogP contribution < -0.4 is 0 Å². The summed E-state index contributed by atoms with van der Waals surface area (Å²) in [6, 6.07) is 21.2. The van der Waals surface area contributed by atoms with Crippen molar-refractivity contribution in [1.82, 2.24) is 0 Å². The molecular weight excluding hydrogens is 457 g/mol. The zero-order chi connectivity index (χ0) is 23.5. The van der Waals surface area contributed by atoms with Gasteiger partial charge in [0, 0.05) is 11.5 Å². The molecule has 4 heteroatoms. The van der Waals surface area contributed by atoms with Gasteiger partial charge in [-0.25, -0.2) is 0 Å². The molecule has 0 nitrogen and oxygen atoms in total. The molecule has 0 amide bonds. The Hall–Kier alpha value is -1.83. The predicted octanol–water partition coefficient (Wildman–Crippen LogP) is 8.38. The fraction of sp³-hybridized carbons (Fsp3) is 0.286. The van der Waals surface area contributed by atoms with Crippen LogP contribution in [0.1, 0.15) is 11.1 Å². The number of hydrogen-bond donors (Lipinski definition) is 0. The molecule has 0 atom stereocenters. The van der Waals surface area contributed by atoms with Crippen molar-refractivity contribution in [2.75, 3.05) is 0 Å². The van der Waals surface area contributed by atoms with Crippen molar-refractivity contribution >= 4 is 39.7 Å². The topological polar surface area (TPSA) is 0 Å². The van der Waals surface area contributed by atoms with Gasteiger partial charge in [-0.05, 0) is 23.3 Å². The van der Waals surface area contributed by atoms with Crippen molar-refractivity contribution in [2.45, 2.75) is 50.8 Å². The summed E-state index contributed by atoms with van der Waals surface area (Å²) >= 11 is 3.62. The Morgan fingerprint density at radius 1 is 0.625 bits per heavy atom. The molecule has 0 N–H and O–H groups in total. The maximum Gasteiger partial charge on any atom is 0.129 e. The van der Waals surface area contributed by atoms with Crippen molar-refractivity contribution in [3.05, 3.63) is 93.8 Å². The lowest BCUT2D eigenvalue weighted by molar-refractivity contribution is 1.42. The van der Waals surface area contributed by atoms with E-state index >= 15 is 0 Å². The molecule has 0 aliphatic heterocycles. The SMILES string of the molecule is C[Si](C)(C)C#CC(=CC=C(C#C[Si](C)(C)C)SCc1ccccc1)SCc1ccccc1. The van der Waals surface area contributed by atoms with Gasteiger partial charge < -0.3 is 0 Å². The van der Waals surface area contributed by atoms with E-state index in [2.05, 4.69) is 135 Å². The summed E-state index contributed by atoms with van der Waals surface area (Å²) in [6.45, 7) is 13.7. The van der Waals surface area contributed by atoms with Crippen LogP contribution >= 0.6 is 23.5 Å². The van der Waals surface area contributed by atoms with Crippen LogP contribution in [0.15, 0.2) is 82.6 Å². The lowest BCUT2D eigenvalue weighted by atomic mass is 10.2. The Morgan fingerprint density at radius 2 is 0.969 bits per heavy atom. The van der Waals surface area contributed by atoms with Gasteiger partial charge in [0.2, 0.25) is 0 Å². The van der Waals surface area contributed by atoms with E-state index in [-0.39, 0.29) is 0 Å². The van der Waals surface area contributed by atoms with Crippen LogP contribution in [-0.4, -0.2) is 16.1 Å². The Balaban J connectivity index is 2.28. The number of hydrogen-bond acceptors (Lipinski definition) is 2. The minimum absolute atomic E-state index is 0.925. The van der Waals surface area contributed by atoms with Crippen LogP contribution in [-0.2, 0) is 11.5 Å². The molecule has 0 aromatic heterocycles. The molecule has 0 heterocycles. The second-order valence-electron chi connectivity index (χ2n) is 9.61. The summed E-state index contributed by atoms with van der Waals surface area (Å²) < 4.78 is 0. The van der Waals surface area contributed by atoms with Gasteiger partial charge in [-0.1, -0.05) is 112 Å². The zero-order valence-electron chi connectivity index (χ0n) is 20.2.